The van der Waals surface area contributed by atoms with Crippen LogP contribution in [0, 0.1) is 11.3 Å². The SMILES string of the molecule is N#Cc1c(Br)cccc1Nc1ccccc1SC(F)F. The Balaban J connectivity index is 2.36. The number of nitrogens with one attached hydrogen (secondary N) is 1. The second-order valence-electron chi connectivity index (χ2n) is 3.77. The van der Waals surface area contributed by atoms with Gasteiger partial charge in [0.25, 0.3) is 5.76 Å². The predicted octanol–water partition coefficient (Wildman–Crippen LogP) is 5.38. The number of hydrogen-bond donors (Lipinski definition) is 1. The van der Waals surface area contributed by atoms with Gasteiger partial charge in [-0.3, -0.25) is 0 Å². The Morgan fingerprint density at radius 3 is 2.50 bits per heavy atom. The van der Waals surface area contributed by atoms with Crippen LogP contribution in [0.2, 0.25) is 0 Å². The van der Waals surface area contributed by atoms with Gasteiger partial charge in [0.1, 0.15) is 6.07 Å². The van der Waals surface area contributed by atoms with Crippen LogP contribution in [-0.2, 0) is 0 Å². The fourth-order valence-electron chi connectivity index (χ4n) is 1.66. The van der Waals surface area contributed by atoms with Crippen LogP contribution < -0.4 is 5.32 Å². The molecule has 0 bridgehead atoms. The number of rotatable bonds is 4. The molecular formula is C14H9BrF2N2S. The zero-order valence-electron chi connectivity index (χ0n) is 10.1. The lowest BCUT2D eigenvalue weighted by atomic mass is 10.2. The topological polar surface area (TPSA) is 35.8 Å². The van der Waals surface area contributed by atoms with Gasteiger partial charge in [-0.2, -0.15) is 14.0 Å². The molecule has 0 heterocycles. The number of para-hydroxylation sites is 1. The predicted molar refractivity (Wildman–Crippen MR) is 80.4 cm³/mol. The van der Waals surface area contributed by atoms with E-state index >= 15 is 0 Å². The highest BCUT2D eigenvalue weighted by Gasteiger charge is 2.12. The quantitative estimate of drug-likeness (QED) is 0.748. The number of nitrogens with zero attached hydrogens (tertiary/aromatic N) is 1. The Morgan fingerprint density at radius 1 is 1.10 bits per heavy atom. The summed E-state index contributed by atoms with van der Waals surface area (Å²) in [5.41, 5.74) is 1.56. The van der Waals surface area contributed by atoms with Crippen molar-refractivity contribution in [2.75, 3.05) is 5.32 Å². The molecule has 20 heavy (non-hydrogen) atoms. The van der Waals surface area contributed by atoms with E-state index in [9.17, 15) is 8.78 Å². The van der Waals surface area contributed by atoms with Crippen LogP contribution in [0.15, 0.2) is 51.8 Å². The average molecular weight is 355 g/mol. The highest BCUT2D eigenvalue weighted by molar-refractivity contribution is 9.10. The molecule has 0 amide bonds. The van der Waals surface area contributed by atoms with Gasteiger partial charge in [-0.25, -0.2) is 0 Å². The summed E-state index contributed by atoms with van der Waals surface area (Å²) in [6.45, 7) is 0. The summed E-state index contributed by atoms with van der Waals surface area (Å²) < 4.78 is 25.7. The van der Waals surface area contributed by atoms with Gasteiger partial charge >= 0.3 is 0 Å². The smallest absolute Gasteiger partial charge is 0.288 e. The highest BCUT2D eigenvalue weighted by atomic mass is 79.9. The van der Waals surface area contributed by atoms with Crippen molar-refractivity contribution >= 4 is 39.1 Å². The lowest BCUT2D eigenvalue weighted by Gasteiger charge is -2.13. The monoisotopic (exact) mass is 354 g/mol. The summed E-state index contributed by atoms with van der Waals surface area (Å²) in [6, 6.07) is 14.1. The van der Waals surface area contributed by atoms with E-state index in [2.05, 4.69) is 27.3 Å². The van der Waals surface area contributed by atoms with Crippen molar-refractivity contribution in [2.24, 2.45) is 0 Å². The van der Waals surface area contributed by atoms with E-state index in [0.29, 0.717) is 38.1 Å². The van der Waals surface area contributed by atoms with Crippen LogP contribution in [0.1, 0.15) is 5.56 Å². The first-order valence-electron chi connectivity index (χ1n) is 5.61. The van der Waals surface area contributed by atoms with Gasteiger partial charge in [-0.15, -0.1) is 0 Å². The second-order valence-corrected chi connectivity index (χ2v) is 5.66. The van der Waals surface area contributed by atoms with Crippen LogP contribution in [0.25, 0.3) is 0 Å². The zero-order valence-corrected chi connectivity index (χ0v) is 12.5. The molecule has 2 aromatic carbocycles. The van der Waals surface area contributed by atoms with Crippen LogP contribution in [0.3, 0.4) is 0 Å². The Kier molecular flexibility index (Phi) is 4.99. The summed E-state index contributed by atoms with van der Waals surface area (Å²) in [7, 11) is 0. The fraction of sp³-hybridized carbons (Fsp3) is 0.0714. The normalized spacial score (nSPS) is 10.3. The molecule has 102 valence electrons. The number of anilines is 2. The first-order chi connectivity index (χ1) is 9.61. The molecule has 0 fully saturated rings. The van der Waals surface area contributed by atoms with Crippen molar-refractivity contribution in [3.63, 3.8) is 0 Å². The molecule has 0 aliphatic rings. The Bertz CT molecular complexity index is 656. The van der Waals surface area contributed by atoms with Gasteiger partial charge in [-0.05, 0) is 40.2 Å². The van der Waals surface area contributed by atoms with E-state index in [1.54, 1.807) is 42.5 Å². The molecule has 0 aliphatic heterocycles. The van der Waals surface area contributed by atoms with Crippen molar-refractivity contribution in [1.29, 1.82) is 5.26 Å². The Labute approximate surface area is 127 Å². The van der Waals surface area contributed by atoms with Crippen molar-refractivity contribution in [3.8, 4) is 6.07 Å². The third kappa shape index (κ3) is 3.50. The largest absolute Gasteiger partial charge is 0.353 e. The first kappa shape index (κ1) is 14.8. The van der Waals surface area contributed by atoms with E-state index in [1.165, 1.54) is 0 Å². The standard InChI is InChI=1S/C14H9BrF2N2S/c15-10-4-3-6-11(9(10)8-18)19-12-5-1-2-7-13(12)20-14(16)17/h1-7,14,19H. The van der Waals surface area contributed by atoms with E-state index in [1.807, 2.05) is 0 Å². The minimum Gasteiger partial charge on any atom is -0.353 e. The number of hydrogen-bond acceptors (Lipinski definition) is 3. The van der Waals surface area contributed by atoms with Crippen LogP contribution >= 0.6 is 27.7 Å². The van der Waals surface area contributed by atoms with Crippen molar-refractivity contribution < 1.29 is 8.78 Å². The zero-order chi connectivity index (χ0) is 14.5. The number of thioether (sulfide) groups is 1. The molecule has 0 aromatic heterocycles. The number of benzene rings is 2. The third-order valence-electron chi connectivity index (χ3n) is 2.50. The molecule has 1 N–H and O–H groups in total. The highest BCUT2D eigenvalue weighted by Crippen LogP contribution is 2.34. The van der Waals surface area contributed by atoms with Crippen LogP contribution in [-0.4, -0.2) is 5.76 Å². The maximum atomic E-state index is 12.5. The van der Waals surface area contributed by atoms with Crippen molar-refractivity contribution in [3.05, 3.63) is 52.5 Å². The van der Waals surface area contributed by atoms with Gasteiger partial charge in [0.05, 0.1) is 16.9 Å². The summed E-state index contributed by atoms with van der Waals surface area (Å²) >= 11 is 3.76. The summed E-state index contributed by atoms with van der Waals surface area (Å²) in [4.78, 5) is 0.436. The molecule has 2 nitrogen and oxygen atoms in total. The van der Waals surface area contributed by atoms with Gasteiger partial charge in [-0.1, -0.05) is 30.0 Å². The van der Waals surface area contributed by atoms with Gasteiger partial charge in [0.15, 0.2) is 0 Å². The number of nitriles is 1. The van der Waals surface area contributed by atoms with E-state index in [-0.39, 0.29) is 0 Å². The van der Waals surface area contributed by atoms with Crippen molar-refractivity contribution in [1.82, 2.24) is 0 Å². The maximum absolute atomic E-state index is 12.5. The minimum atomic E-state index is -2.49. The molecule has 0 radical (unpaired) electrons. The fourth-order valence-corrected chi connectivity index (χ4v) is 2.71. The molecule has 0 saturated heterocycles. The maximum Gasteiger partial charge on any atom is 0.288 e. The van der Waals surface area contributed by atoms with Crippen molar-refractivity contribution in [2.45, 2.75) is 10.7 Å². The molecule has 6 heteroatoms. The molecule has 0 aliphatic carbocycles. The minimum absolute atomic E-state index is 0.435. The molecule has 0 saturated carbocycles. The van der Waals surface area contributed by atoms with E-state index in [4.69, 9.17) is 5.26 Å². The molecular weight excluding hydrogens is 346 g/mol. The molecule has 0 spiro atoms. The molecule has 2 rings (SSSR count). The second kappa shape index (κ2) is 6.73. The first-order valence-corrected chi connectivity index (χ1v) is 7.28. The summed E-state index contributed by atoms with van der Waals surface area (Å²) in [5.74, 6) is -2.49. The van der Waals surface area contributed by atoms with Crippen LogP contribution in [0.4, 0.5) is 20.2 Å². The molecule has 2 aromatic rings. The lowest BCUT2D eigenvalue weighted by Crippen LogP contribution is -1.96. The van der Waals surface area contributed by atoms with Crippen LogP contribution in [0.5, 0.6) is 0 Å². The van der Waals surface area contributed by atoms with E-state index in [0.717, 1.165) is 0 Å². The van der Waals surface area contributed by atoms with E-state index < -0.39 is 5.76 Å². The average Bonchev–Trinajstić information content (AvgIpc) is 2.41. The Hall–Kier alpha value is -1.58. The molecule has 0 unspecified atom stereocenters. The summed E-state index contributed by atoms with van der Waals surface area (Å²) in [6.07, 6.45) is 0. The summed E-state index contributed by atoms with van der Waals surface area (Å²) in [5, 5.41) is 12.2. The Morgan fingerprint density at radius 2 is 1.80 bits per heavy atom. The third-order valence-corrected chi connectivity index (χ3v) is 3.95. The van der Waals surface area contributed by atoms with Gasteiger partial charge in [0, 0.05) is 9.37 Å². The van der Waals surface area contributed by atoms with Gasteiger partial charge < -0.3 is 5.32 Å². The number of alkyl halides is 2. The van der Waals surface area contributed by atoms with Gasteiger partial charge in [0.2, 0.25) is 0 Å². The molecule has 0 atom stereocenters. The lowest BCUT2D eigenvalue weighted by molar-refractivity contribution is 0.252. The number of halogens is 3.